The van der Waals surface area contributed by atoms with Gasteiger partial charge in [0.1, 0.15) is 0 Å². The summed E-state index contributed by atoms with van der Waals surface area (Å²) in [4.78, 5) is 66.5. The Bertz CT molecular complexity index is 1720. The second kappa shape index (κ2) is 12.8. The Kier molecular flexibility index (Phi) is 9.16. The van der Waals surface area contributed by atoms with E-state index in [2.05, 4.69) is 4.84 Å². The summed E-state index contributed by atoms with van der Waals surface area (Å²) in [7, 11) is 1.30. The predicted molar refractivity (Wildman–Crippen MR) is 173 cm³/mol. The molecule has 51 heavy (non-hydrogen) atoms. The molecule has 1 aromatic rings. The Hall–Kier alpha value is -4.21. The fourth-order valence-corrected chi connectivity index (χ4v) is 9.54. The van der Waals surface area contributed by atoms with E-state index >= 15 is 4.39 Å². The number of hydrogen-bond donors (Lipinski definition) is 1. The lowest BCUT2D eigenvalue weighted by Crippen LogP contribution is -2.70. The summed E-state index contributed by atoms with van der Waals surface area (Å²) in [6.07, 6.45) is 2.89. The second-order valence-corrected chi connectivity index (χ2v) is 14.8. The minimum absolute atomic E-state index is 0.00925. The van der Waals surface area contributed by atoms with E-state index in [9.17, 15) is 34.4 Å². The third-order valence-corrected chi connectivity index (χ3v) is 11.7. The molecule has 1 saturated heterocycles. The van der Waals surface area contributed by atoms with Crippen LogP contribution in [0.1, 0.15) is 76.6 Å². The van der Waals surface area contributed by atoms with Crippen LogP contribution in [0.2, 0.25) is 0 Å². The SMILES string of the molecule is COc1cc(C(=O)OCC(=O)[C@@]23OC(C)(C)O[C@@H]2CC2C4CCC5=CC(=O)C=C[C@]5(C)[C@@]4(F)[C@@H](O)C[C@@]23C)ccc1OC(=O)CCCO[N+](=O)[O-]. The quantitative estimate of drug-likeness (QED) is 0.113. The summed E-state index contributed by atoms with van der Waals surface area (Å²) >= 11 is 0. The van der Waals surface area contributed by atoms with Gasteiger partial charge in [-0.15, -0.1) is 10.1 Å². The van der Waals surface area contributed by atoms with Gasteiger partial charge in [0, 0.05) is 23.2 Å². The Balaban J connectivity index is 1.20. The van der Waals surface area contributed by atoms with Crippen molar-refractivity contribution in [3.8, 4) is 11.5 Å². The molecule has 2 unspecified atom stereocenters. The molecule has 1 aromatic carbocycles. The number of rotatable bonds is 11. The lowest BCUT2D eigenvalue weighted by molar-refractivity contribution is -0.757. The first-order valence-corrected chi connectivity index (χ1v) is 17.0. The topological polar surface area (TPSA) is 187 Å². The highest BCUT2D eigenvalue weighted by Crippen LogP contribution is 2.72. The zero-order chi connectivity index (χ0) is 37.1. The van der Waals surface area contributed by atoms with Crippen LogP contribution in [-0.4, -0.2) is 83.3 Å². The molecule has 0 aromatic heterocycles. The number of hydrogen-bond acceptors (Lipinski definition) is 13. The van der Waals surface area contributed by atoms with Crippen molar-refractivity contribution in [3.05, 3.63) is 57.7 Å². The van der Waals surface area contributed by atoms with Gasteiger partial charge >= 0.3 is 11.9 Å². The molecule has 14 nitrogen and oxygen atoms in total. The summed E-state index contributed by atoms with van der Waals surface area (Å²) in [5.74, 6) is -4.71. The molecule has 1 aliphatic heterocycles. The highest BCUT2D eigenvalue weighted by molar-refractivity contribution is 6.01. The number of ketones is 2. The number of carbonyl (C=O) groups excluding carboxylic acids is 4. The fourth-order valence-electron chi connectivity index (χ4n) is 9.54. The van der Waals surface area contributed by atoms with Crippen LogP contribution in [0, 0.1) is 32.8 Å². The van der Waals surface area contributed by atoms with Gasteiger partial charge in [0.15, 0.2) is 40.9 Å². The maximum absolute atomic E-state index is 17.7. The van der Waals surface area contributed by atoms with Gasteiger partial charge in [0.05, 0.1) is 31.5 Å². The van der Waals surface area contributed by atoms with Crippen molar-refractivity contribution >= 4 is 23.5 Å². The first-order valence-electron chi connectivity index (χ1n) is 17.0. The molecular formula is C36H42FNO13. The van der Waals surface area contributed by atoms with E-state index < -0.39 is 81.3 Å². The molecular weight excluding hydrogens is 673 g/mol. The highest BCUT2D eigenvalue weighted by Gasteiger charge is 2.80. The molecule has 15 heteroatoms. The van der Waals surface area contributed by atoms with Gasteiger partial charge in [0.25, 0.3) is 5.09 Å². The van der Waals surface area contributed by atoms with Crippen LogP contribution < -0.4 is 9.47 Å². The van der Waals surface area contributed by atoms with Crippen LogP contribution in [0.5, 0.6) is 11.5 Å². The van der Waals surface area contributed by atoms with Gasteiger partial charge in [-0.1, -0.05) is 18.6 Å². The van der Waals surface area contributed by atoms with Crippen molar-refractivity contribution in [2.75, 3.05) is 20.3 Å². The minimum atomic E-state index is -2.12. The van der Waals surface area contributed by atoms with Gasteiger partial charge in [0.2, 0.25) is 5.78 Å². The number of halogens is 1. The average molecular weight is 716 g/mol. The normalized spacial score (nSPS) is 35.7. The van der Waals surface area contributed by atoms with Crippen LogP contribution in [0.25, 0.3) is 0 Å². The van der Waals surface area contributed by atoms with E-state index in [0.29, 0.717) is 18.4 Å². The number of methoxy groups -OCH3 is 1. The van der Waals surface area contributed by atoms with E-state index in [4.69, 9.17) is 23.7 Å². The van der Waals surface area contributed by atoms with E-state index in [0.717, 1.165) is 0 Å². The highest BCUT2D eigenvalue weighted by atomic mass is 19.1. The fraction of sp³-hybridized carbons (Fsp3) is 0.611. The van der Waals surface area contributed by atoms with Crippen LogP contribution in [-0.2, 0) is 33.4 Å². The maximum Gasteiger partial charge on any atom is 0.338 e. The molecule has 0 amide bonds. The molecule has 4 aliphatic carbocycles. The molecule has 4 fully saturated rings. The minimum Gasteiger partial charge on any atom is -0.493 e. The first kappa shape index (κ1) is 36.6. The lowest BCUT2D eigenvalue weighted by Gasteiger charge is -2.62. The van der Waals surface area contributed by atoms with Crippen molar-refractivity contribution in [2.45, 2.75) is 95.5 Å². The summed E-state index contributed by atoms with van der Waals surface area (Å²) in [6, 6.07) is 3.90. The Morgan fingerprint density at radius 2 is 1.88 bits per heavy atom. The third-order valence-electron chi connectivity index (χ3n) is 11.7. The largest absolute Gasteiger partial charge is 0.493 e. The predicted octanol–water partition coefficient (Wildman–Crippen LogP) is 4.19. The van der Waals surface area contributed by atoms with E-state index in [1.165, 1.54) is 37.5 Å². The zero-order valence-corrected chi connectivity index (χ0v) is 29.1. The zero-order valence-electron chi connectivity index (χ0n) is 29.1. The summed E-state index contributed by atoms with van der Waals surface area (Å²) in [5.41, 5.74) is -5.47. The maximum atomic E-state index is 17.7. The summed E-state index contributed by atoms with van der Waals surface area (Å²) < 4.78 is 46.5. The Morgan fingerprint density at radius 1 is 1.14 bits per heavy atom. The van der Waals surface area contributed by atoms with Crippen LogP contribution in [0.4, 0.5) is 4.39 Å². The van der Waals surface area contributed by atoms with Gasteiger partial charge < -0.3 is 33.6 Å². The number of allylic oxidation sites excluding steroid dienone is 4. The van der Waals surface area contributed by atoms with Crippen LogP contribution in [0.3, 0.4) is 0 Å². The van der Waals surface area contributed by atoms with Gasteiger partial charge in [-0.05, 0) is 89.1 Å². The molecule has 3 saturated carbocycles. The van der Waals surface area contributed by atoms with E-state index in [1.54, 1.807) is 26.8 Å². The molecule has 0 bridgehead atoms. The number of Topliss-reactive ketones (excluding diaryl/α,β-unsaturated/α-hetero) is 1. The number of ether oxygens (including phenoxy) is 5. The van der Waals surface area contributed by atoms with Crippen molar-refractivity contribution in [1.29, 1.82) is 0 Å². The average Bonchev–Trinajstić information content (AvgIpc) is 3.48. The summed E-state index contributed by atoms with van der Waals surface area (Å²) in [6.45, 7) is 5.89. The van der Waals surface area contributed by atoms with Gasteiger partial charge in [-0.3, -0.25) is 14.4 Å². The number of fused-ring (bicyclic) bond motifs is 7. The molecule has 5 aliphatic rings. The van der Waals surface area contributed by atoms with Gasteiger partial charge in [-0.25, -0.2) is 9.18 Å². The lowest BCUT2D eigenvalue weighted by atomic mass is 9.44. The number of esters is 2. The molecule has 0 spiro atoms. The molecule has 1 N–H and O–H groups in total. The number of benzene rings is 1. The monoisotopic (exact) mass is 715 g/mol. The Labute approximate surface area is 293 Å². The third kappa shape index (κ3) is 5.73. The van der Waals surface area contributed by atoms with Crippen LogP contribution >= 0.6 is 0 Å². The van der Waals surface area contributed by atoms with Crippen molar-refractivity contribution in [3.63, 3.8) is 0 Å². The van der Waals surface area contributed by atoms with E-state index in [1.807, 2.05) is 6.92 Å². The van der Waals surface area contributed by atoms with Crippen molar-refractivity contribution in [1.82, 2.24) is 0 Å². The van der Waals surface area contributed by atoms with Crippen molar-refractivity contribution < 1.29 is 62.3 Å². The Morgan fingerprint density at radius 3 is 2.59 bits per heavy atom. The number of aliphatic hydroxyl groups excluding tert-OH is 1. The smallest absolute Gasteiger partial charge is 0.338 e. The molecule has 8 atom stereocenters. The number of aliphatic hydroxyl groups is 1. The standard InChI is InChI=1S/C36H42FNO13/c1-32(2)50-29-17-24-23-10-9-21-16-22(39)12-13-33(21,3)35(23,37)27(40)18-34(24,4)36(29,51-32)28(41)19-47-31(43)20-8-11-25(26(15-20)46-5)49-30(42)7-6-14-48-38(44)45/h8,11-13,15-16,23-24,27,29,40H,6-7,9-10,14,17-19H2,1-5H3/t23?,24?,27-,29+,33-,34-,35-,36+/m0/s1. The molecule has 276 valence electrons. The van der Waals surface area contributed by atoms with Gasteiger partial charge in [-0.2, -0.15) is 0 Å². The molecule has 0 radical (unpaired) electrons. The van der Waals surface area contributed by atoms with E-state index in [-0.39, 0.29) is 55.1 Å². The summed E-state index contributed by atoms with van der Waals surface area (Å²) in [5, 5.41) is 21.1. The van der Waals surface area contributed by atoms with Crippen LogP contribution in [0.15, 0.2) is 42.0 Å². The first-order chi connectivity index (χ1) is 23.9. The van der Waals surface area contributed by atoms with Crippen molar-refractivity contribution in [2.24, 2.45) is 22.7 Å². The molecule has 1 heterocycles. The number of nitrogens with zero attached hydrogens (tertiary/aromatic N) is 1. The molecule has 6 rings (SSSR count). The second-order valence-electron chi connectivity index (χ2n) is 14.8. The number of carbonyl (C=O) groups is 4. The number of alkyl halides is 1.